The molecule has 1 aromatic rings. The Morgan fingerprint density at radius 2 is 1.68 bits per heavy atom. The average molecular weight is 582 g/mol. The van der Waals surface area contributed by atoms with Gasteiger partial charge in [-0.15, -0.1) is 24.8 Å². The Morgan fingerprint density at radius 3 is 2.20 bits per heavy atom. The largest absolute Gasteiger partial charge is 0.147 e. The van der Waals surface area contributed by atoms with E-state index in [0.29, 0.717) is 9.59 Å². The first-order valence-electron chi connectivity index (χ1n) is 8.62. The molecule has 0 bridgehead atoms. The molecule has 138 valence electrons. The second kappa shape index (κ2) is 7.79. The van der Waals surface area contributed by atoms with Gasteiger partial charge in [0.25, 0.3) is 0 Å². The number of hydrogen-bond acceptors (Lipinski definition) is 0. The molecule has 0 fully saturated rings. The van der Waals surface area contributed by atoms with Gasteiger partial charge in [-0.1, -0.05) is 0 Å². The van der Waals surface area contributed by atoms with Gasteiger partial charge in [-0.2, -0.15) is 0 Å². The summed E-state index contributed by atoms with van der Waals surface area (Å²) in [5.41, 5.74) is 7.33. The van der Waals surface area contributed by atoms with Crippen LogP contribution in [0.15, 0.2) is 50.4 Å². The Kier molecular flexibility index (Phi) is 7.31. The van der Waals surface area contributed by atoms with Gasteiger partial charge in [0.15, 0.2) is 0 Å². The molecule has 0 aromatic heterocycles. The van der Waals surface area contributed by atoms with Crippen LogP contribution in [0.1, 0.15) is 49.4 Å². The molecule has 0 nitrogen and oxygen atoms in total. The van der Waals surface area contributed by atoms with Crippen molar-refractivity contribution in [3.05, 3.63) is 61.5 Å². The van der Waals surface area contributed by atoms with Crippen molar-refractivity contribution in [2.24, 2.45) is 5.92 Å². The van der Waals surface area contributed by atoms with Gasteiger partial charge in [-0.25, -0.2) is 0 Å². The fraction of sp³-hybridized carbons (Fsp3) is 0.400. The molecule has 0 radical (unpaired) electrons. The molecule has 2 atom stereocenters. The topological polar surface area (TPSA) is 0 Å². The first-order valence-corrected chi connectivity index (χ1v) is 27.8. The summed E-state index contributed by atoms with van der Waals surface area (Å²) in [6.07, 6.45) is 4.71. The van der Waals surface area contributed by atoms with E-state index in [4.69, 9.17) is 8.58 Å². The van der Waals surface area contributed by atoms with Gasteiger partial charge in [0, 0.05) is 0 Å². The minimum Gasteiger partial charge on any atom is -0.147 e. The van der Waals surface area contributed by atoms with Crippen LogP contribution in [0.2, 0.25) is 4.18 Å². The molecule has 0 spiro atoms. The van der Waals surface area contributed by atoms with Gasteiger partial charge in [0.05, 0.1) is 0 Å². The zero-order valence-electron chi connectivity index (χ0n) is 15.7. The smallest absolute Gasteiger partial charge is 0.147 e. The van der Waals surface area contributed by atoms with Crippen molar-refractivity contribution in [2.75, 3.05) is 0 Å². The maximum Gasteiger partial charge on any atom is -0.147 e. The Bertz CT molecular complexity index is 850. The maximum absolute atomic E-state index is 7.84. The monoisotopic (exact) mass is 582 g/mol. The summed E-state index contributed by atoms with van der Waals surface area (Å²) in [6.45, 7) is 13.8. The van der Waals surface area contributed by atoms with E-state index >= 15 is 0 Å². The van der Waals surface area contributed by atoms with Crippen molar-refractivity contribution in [3.63, 3.8) is 0 Å². The van der Waals surface area contributed by atoms with Crippen molar-refractivity contribution < 1.29 is 15.9 Å². The number of fused-ring (bicyclic) bond motifs is 1. The third kappa shape index (κ3) is 3.35. The van der Waals surface area contributed by atoms with Crippen LogP contribution < -0.4 is 0 Å². The Balaban J connectivity index is 0.00000156. The van der Waals surface area contributed by atoms with E-state index in [-0.39, 0.29) is 24.8 Å². The van der Waals surface area contributed by atoms with Gasteiger partial charge in [-0.3, -0.25) is 0 Å². The van der Waals surface area contributed by atoms with E-state index in [1.54, 1.807) is 3.33 Å². The minimum atomic E-state index is -3.78. The van der Waals surface area contributed by atoms with Gasteiger partial charge >= 0.3 is 147 Å². The second-order valence-corrected chi connectivity index (χ2v) is 50.5. The normalized spacial score (nSPS) is 22.7. The summed E-state index contributed by atoms with van der Waals surface area (Å²) in [5.74, 6) is 0.515. The standard InChI is InChI=1S/C9H7.C9H13.C2H5.3ClH.Hf.H2Si/c1-2-5-9-7-3-6-8(9)4-1;1-6-5-7(2)9(4)8(6)3;1-2;;;;;/h1-7H;6H,1-4H3;1H2,2H3;3*1H;;1H2/q;;;;;;+1;/p-1. The van der Waals surface area contributed by atoms with Crippen LogP contribution in [0.4, 0.5) is 0 Å². The Hall–Kier alpha value is 0.397. The fourth-order valence-electron chi connectivity index (χ4n) is 4.73. The van der Waals surface area contributed by atoms with E-state index in [1.165, 1.54) is 27.8 Å². The van der Waals surface area contributed by atoms with Crippen LogP contribution in [0.25, 0.3) is 6.08 Å². The summed E-state index contributed by atoms with van der Waals surface area (Å²) in [6, 6.07) is 8.82. The molecule has 0 N–H and O–H groups in total. The van der Waals surface area contributed by atoms with Gasteiger partial charge < -0.3 is 0 Å². The summed E-state index contributed by atoms with van der Waals surface area (Å²) in [4.78, 5) is 0. The van der Waals surface area contributed by atoms with E-state index in [0.717, 1.165) is 4.18 Å². The third-order valence-electron chi connectivity index (χ3n) is 6.56. The van der Waals surface area contributed by atoms with E-state index < -0.39 is 15.9 Å². The van der Waals surface area contributed by atoms with Gasteiger partial charge in [0.1, 0.15) is 0 Å². The van der Waals surface area contributed by atoms with Crippen molar-refractivity contribution in [1.82, 2.24) is 0 Å². The van der Waals surface area contributed by atoms with Crippen LogP contribution in [-0.4, -0.2) is 6.94 Å². The van der Waals surface area contributed by atoms with Crippen LogP contribution >= 0.6 is 33.4 Å². The molecule has 3 rings (SSSR count). The van der Waals surface area contributed by atoms with Gasteiger partial charge in [0.2, 0.25) is 0 Å². The molecule has 5 heteroatoms. The van der Waals surface area contributed by atoms with Crippen LogP contribution in [-0.2, 0) is 15.9 Å². The molecular weight excluding hydrogens is 553 g/mol. The summed E-state index contributed by atoms with van der Waals surface area (Å²) in [5, 5.41) is 0. The number of benzene rings is 1. The summed E-state index contributed by atoms with van der Waals surface area (Å²) >= 11 is -3.78. The number of rotatable bonds is 3. The maximum atomic E-state index is 7.84. The zero-order valence-corrected chi connectivity index (χ0v) is 23.1. The molecule has 25 heavy (non-hydrogen) atoms. The summed E-state index contributed by atoms with van der Waals surface area (Å²) in [7, 11) is 7.84. The Morgan fingerprint density at radius 1 is 1.08 bits per heavy atom. The van der Waals surface area contributed by atoms with Gasteiger partial charge in [-0.05, 0) is 0 Å². The molecule has 2 aliphatic carbocycles. The predicted octanol–water partition coefficient (Wildman–Crippen LogP) is 6.69. The van der Waals surface area contributed by atoms with E-state index in [9.17, 15) is 0 Å². The van der Waals surface area contributed by atoms with E-state index in [1.807, 2.05) is 0 Å². The second-order valence-electron chi connectivity index (χ2n) is 7.51. The van der Waals surface area contributed by atoms with Crippen molar-refractivity contribution in [1.29, 1.82) is 0 Å². The number of halogens is 3. The molecule has 0 amide bonds. The predicted molar refractivity (Wildman–Crippen MR) is 118 cm³/mol. The van der Waals surface area contributed by atoms with Crippen molar-refractivity contribution in [2.45, 2.75) is 42.5 Å². The fourth-order valence-corrected chi connectivity index (χ4v) is 34.3. The SMILES string of the molecule is C[CH2][Hf](=[SiH2])([Cl])([C]1=C(C)C(C)=C(C)C1C)[CH]1C=Cc2ccccc21.Cl.Cl. The molecule has 1 aromatic carbocycles. The molecule has 2 aliphatic rings. The first-order chi connectivity index (χ1) is 10.7. The third-order valence-corrected chi connectivity index (χ3v) is 43.1. The molecule has 0 aliphatic heterocycles. The van der Waals surface area contributed by atoms with E-state index in [2.05, 4.69) is 78.0 Å². The number of allylic oxidation sites excluding steroid dienone is 5. The Labute approximate surface area is 171 Å². The number of hydrogen-bond donors (Lipinski definition) is 0. The molecular formula is C20H29Cl3HfSi. The minimum absolute atomic E-state index is 0. The van der Waals surface area contributed by atoms with Crippen LogP contribution in [0.3, 0.4) is 0 Å². The molecule has 0 saturated heterocycles. The quantitative estimate of drug-likeness (QED) is 0.349. The molecule has 2 unspecified atom stereocenters. The van der Waals surface area contributed by atoms with Crippen LogP contribution in [0, 0.1) is 5.92 Å². The van der Waals surface area contributed by atoms with Crippen molar-refractivity contribution in [3.8, 4) is 0 Å². The zero-order chi connectivity index (χ0) is 17.0. The molecule has 0 saturated carbocycles. The first kappa shape index (κ1) is 23.4. The summed E-state index contributed by atoms with van der Waals surface area (Å²) < 4.78 is 3.23. The van der Waals surface area contributed by atoms with Crippen LogP contribution in [0.5, 0.6) is 0 Å². The average Bonchev–Trinajstić information content (AvgIpc) is 3.05. The van der Waals surface area contributed by atoms with Crippen molar-refractivity contribution >= 4 is 46.4 Å². The molecule has 0 heterocycles.